The topological polar surface area (TPSA) is 77.0 Å². The number of aromatic nitrogens is 4. The van der Waals surface area contributed by atoms with Crippen LogP contribution >= 0.6 is 11.8 Å². The molecule has 1 aliphatic rings. The fraction of sp³-hybridized carbons (Fsp3) is 0.333. The van der Waals surface area contributed by atoms with Crippen LogP contribution in [-0.2, 0) is 17.8 Å². The van der Waals surface area contributed by atoms with E-state index in [0.29, 0.717) is 23.4 Å². The minimum Gasteiger partial charge on any atom is -0.467 e. The van der Waals surface area contributed by atoms with E-state index in [1.54, 1.807) is 18.7 Å². The first kappa shape index (κ1) is 23.4. The Morgan fingerprint density at radius 3 is 2.63 bits per heavy atom. The smallest absolute Gasteiger partial charge is 0.235 e. The van der Waals surface area contributed by atoms with Crippen molar-refractivity contribution in [3.8, 4) is 11.4 Å². The van der Waals surface area contributed by atoms with Gasteiger partial charge in [-0.15, -0.1) is 10.2 Å². The fourth-order valence-electron chi connectivity index (χ4n) is 4.56. The van der Waals surface area contributed by atoms with Crippen LogP contribution in [0.5, 0.6) is 0 Å². The Labute approximate surface area is 209 Å². The summed E-state index contributed by atoms with van der Waals surface area (Å²) in [6.07, 6.45) is 8.32. The molecule has 0 unspecified atom stereocenters. The Kier molecular flexibility index (Phi) is 7.28. The van der Waals surface area contributed by atoms with Gasteiger partial charge in [0.2, 0.25) is 5.91 Å². The second-order valence-electron chi connectivity index (χ2n) is 8.93. The number of pyridine rings is 1. The molecule has 1 aromatic carbocycles. The van der Waals surface area contributed by atoms with Crippen LogP contribution in [0.3, 0.4) is 0 Å². The summed E-state index contributed by atoms with van der Waals surface area (Å²) in [7, 11) is 0. The molecule has 1 fully saturated rings. The largest absolute Gasteiger partial charge is 0.467 e. The van der Waals surface area contributed by atoms with Crippen molar-refractivity contribution < 1.29 is 9.21 Å². The SMILES string of the molecule is C[C@H](Sc1nnc(-c2cccnc2)n1Cc1ccco1)C(=O)N1CCC(Cc2ccccc2)CC1. The maximum Gasteiger partial charge on any atom is 0.235 e. The zero-order valence-electron chi connectivity index (χ0n) is 19.8. The van der Waals surface area contributed by atoms with Crippen molar-refractivity contribution in [2.45, 2.75) is 43.1 Å². The molecule has 0 spiro atoms. The van der Waals surface area contributed by atoms with E-state index in [4.69, 9.17) is 4.42 Å². The molecular weight excluding hydrogens is 458 g/mol. The van der Waals surface area contributed by atoms with Gasteiger partial charge in [0.1, 0.15) is 5.76 Å². The Morgan fingerprint density at radius 1 is 1.09 bits per heavy atom. The number of furan rings is 1. The molecule has 0 saturated carbocycles. The predicted molar refractivity (Wildman–Crippen MR) is 136 cm³/mol. The molecule has 0 N–H and O–H groups in total. The molecule has 1 saturated heterocycles. The number of benzene rings is 1. The normalized spacial score (nSPS) is 15.3. The van der Waals surface area contributed by atoms with Gasteiger partial charge in [0.25, 0.3) is 0 Å². The van der Waals surface area contributed by atoms with Crippen molar-refractivity contribution in [1.82, 2.24) is 24.6 Å². The summed E-state index contributed by atoms with van der Waals surface area (Å²) >= 11 is 1.45. The number of hydrogen-bond donors (Lipinski definition) is 0. The standard InChI is InChI=1S/C27H29N5O2S/c1-20(26(33)31-14-11-22(12-15-31)17-21-7-3-2-4-8-21)35-27-30-29-25(23-9-5-13-28-18-23)32(27)19-24-10-6-16-34-24/h2-10,13,16,18,20,22H,11-12,14-15,17,19H2,1H3/t20-/m0/s1. The monoisotopic (exact) mass is 487 g/mol. The maximum absolute atomic E-state index is 13.3. The zero-order chi connectivity index (χ0) is 24.0. The van der Waals surface area contributed by atoms with Crippen LogP contribution in [-0.4, -0.2) is 48.9 Å². The predicted octanol–water partition coefficient (Wildman–Crippen LogP) is 4.94. The van der Waals surface area contributed by atoms with Gasteiger partial charge in [-0.05, 0) is 61.9 Å². The van der Waals surface area contributed by atoms with Gasteiger partial charge in [0.05, 0.1) is 18.1 Å². The molecule has 1 atom stereocenters. The zero-order valence-corrected chi connectivity index (χ0v) is 20.6. The molecule has 0 aliphatic carbocycles. The van der Waals surface area contributed by atoms with Gasteiger partial charge in [-0.2, -0.15) is 0 Å². The molecule has 8 heteroatoms. The summed E-state index contributed by atoms with van der Waals surface area (Å²) in [5.74, 6) is 2.29. The highest BCUT2D eigenvalue weighted by Gasteiger charge is 2.28. The third-order valence-electron chi connectivity index (χ3n) is 6.45. The number of nitrogens with zero attached hydrogens (tertiary/aromatic N) is 5. The molecule has 0 bridgehead atoms. The third kappa shape index (κ3) is 5.65. The minimum absolute atomic E-state index is 0.156. The summed E-state index contributed by atoms with van der Waals surface area (Å²) in [5.41, 5.74) is 2.25. The van der Waals surface area contributed by atoms with Gasteiger partial charge in [-0.1, -0.05) is 42.1 Å². The van der Waals surface area contributed by atoms with Gasteiger partial charge in [-0.3, -0.25) is 14.3 Å². The van der Waals surface area contributed by atoms with Crippen molar-refractivity contribution in [3.63, 3.8) is 0 Å². The van der Waals surface area contributed by atoms with Gasteiger partial charge in [0.15, 0.2) is 11.0 Å². The number of thioether (sulfide) groups is 1. The Morgan fingerprint density at radius 2 is 1.91 bits per heavy atom. The molecule has 180 valence electrons. The highest BCUT2D eigenvalue weighted by Crippen LogP contribution is 2.30. The van der Waals surface area contributed by atoms with Crippen LogP contribution in [0.4, 0.5) is 0 Å². The van der Waals surface area contributed by atoms with E-state index in [9.17, 15) is 4.79 Å². The van der Waals surface area contributed by atoms with E-state index in [0.717, 1.165) is 43.7 Å². The maximum atomic E-state index is 13.3. The first-order valence-corrected chi connectivity index (χ1v) is 12.9. The Hall–Kier alpha value is -3.39. The van der Waals surface area contributed by atoms with Crippen LogP contribution < -0.4 is 0 Å². The van der Waals surface area contributed by atoms with E-state index < -0.39 is 0 Å². The quantitative estimate of drug-likeness (QED) is 0.328. The molecule has 7 nitrogen and oxygen atoms in total. The Balaban J connectivity index is 1.25. The van der Waals surface area contributed by atoms with E-state index in [1.807, 2.05) is 40.7 Å². The van der Waals surface area contributed by atoms with Crippen molar-refractivity contribution in [1.29, 1.82) is 0 Å². The summed E-state index contributed by atoms with van der Waals surface area (Å²) in [5, 5.41) is 9.29. The number of rotatable bonds is 8. The second-order valence-corrected chi connectivity index (χ2v) is 10.2. The highest BCUT2D eigenvalue weighted by molar-refractivity contribution is 8.00. The van der Waals surface area contributed by atoms with E-state index in [1.165, 1.54) is 17.3 Å². The number of likely N-dealkylation sites (tertiary alicyclic amines) is 1. The minimum atomic E-state index is -0.262. The van der Waals surface area contributed by atoms with Crippen LogP contribution in [0.1, 0.15) is 31.1 Å². The lowest BCUT2D eigenvalue weighted by Crippen LogP contribution is -2.42. The first-order valence-electron chi connectivity index (χ1n) is 12.0. The van der Waals surface area contributed by atoms with Gasteiger partial charge in [0, 0.05) is 31.0 Å². The number of amides is 1. The molecule has 5 rings (SSSR count). The molecule has 4 heterocycles. The first-order chi connectivity index (χ1) is 17.2. The fourth-order valence-corrected chi connectivity index (χ4v) is 5.49. The number of carbonyl (C=O) groups excluding carboxylic acids is 1. The van der Waals surface area contributed by atoms with Crippen LogP contribution in [0.25, 0.3) is 11.4 Å². The van der Waals surface area contributed by atoms with Crippen molar-refractivity contribution in [2.75, 3.05) is 13.1 Å². The van der Waals surface area contributed by atoms with Crippen molar-refractivity contribution in [3.05, 3.63) is 84.6 Å². The lowest BCUT2D eigenvalue weighted by molar-refractivity contribution is -0.131. The summed E-state index contributed by atoms with van der Waals surface area (Å²) < 4.78 is 7.57. The average molecular weight is 488 g/mol. The third-order valence-corrected chi connectivity index (χ3v) is 7.52. The van der Waals surface area contributed by atoms with Crippen LogP contribution in [0.15, 0.2) is 82.8 Å². The Bertz CT molecular complexity index is 1220. The number of hydrogen-bond acceptors (Lipinski definition) is 6. The number of piperidine rings is 1. The van der Waals surface area contributed by atoms with E-state index in [2.05, 4.69) is 45.5 Å². The molecule has 3 aromatic heterocycles. The van der Waals surface area contributed by atoms with E-state index in [-0.39, 0.29) is 11.2 Å². The average Bonchev–Trinajstić information content (AvgIpc) is 3.56. The second kappa shape index (κ2) is 10.9. The van der Waals surface area contributed by atoms with Gasteiger partial charge >= 0.3 is 0 Å². The van der Waals surface area contributed by atoms with Gasteiger partial charge < -0.3 is 9.32 Å². The van der Waals surface area contributed by atoms with Gasteiger partial charge in [-0.25, -0.2) is 0 Å². The lowest BCUT2D eigenvalue weighted by atomic mass is 9.90. The molecule has 4 aromatic rings. The molecule has 35 heavy (non-hydrogen) atoms. The lowest BCUT2D eigenvalue weighted by Gasteiger charge is -2.33. The van der Waals surface area contributed by atoms with Crippen molar-refractivity contribution in [2.24, 2.45) is 5.92 Å². The van der Waals surface area contributed by atoms with E-state index >= 15 is 0 Å². The summed E-state index contributed by atoms with van der Waals surface area (Å²) in [6.45, 7) is 4.06. The molecule has 1 aliphatic heterocycles. The number of carbonyl (C=O) groups is 1. The highest BCUT2D eigenvalue weighted by atomic mass is 32.2. The summed E-state index contributed by atoms with van der Waals surface area (Å²) in [4.78, 5) is 19.5. The molecular formula is C27H29N5O2S. The van der Waals surface area contributed by atoms with Crippen molar-refractivity contribution >= 4 is 17.7 Å². The van der Waals surface area contributed by atoms with Crippen LogP contribution in [0, 0.1) is 5.92 Å². The molecule has 1 amide bonds. The van der Waals surface area contributed by atoms with Crippen LogP contribution in [0.2, 0.25) is 0 Å². The molecule has 0 radical (unpaired) electrons. The summed E-state index contributed by atoms with van der Waals surface area (Å²) in [6, 6.07) is 18.2.